The fourth-order valence-electron chi connectivity index (χ4n) is 4.40. The van der Waals surface area contributed by atoms with Gasteiger partial charge in [0, 0.05) is 0 Å². The van der Waals surface area contributed by atoms with Gasteiger partial charge >= 0.3 is 11.9 Å². The van der Waals surface area contributed by atoms with Crippen LogP contribution in [0.5, 0.6) is 0 Å². The van der Waals surface area contributed by atoms with E-state index in [9.17, 15) is 19.2 Å². The molecule has 1 rings (SSSR count). The molecule has 1 fully saturated rings. The molecule has 1 aliphatic rings. The van der Waals surface area contributed by atoms with Crippen LogP contribution in [0.3, 0.4) is 0 Å². The number of Topliss-reactive ketones (excluding diaryl/α,β-unsaturated/α-hetero) is 2. The maximum Gasteiger partial charge on any atom is 0.317 e. The van der Waals surface area contributed by atoms with Gasteiger partial charge in [0.2, 0.25) is 0 Å². The van der Waals surface area contributed by atoms with Crippen LogP contribution in [-0.2, 0) is 28.7 Å². The highest BCUT2D eigenvalue weighted by Crippen LogP contribution is 2.36. The Morgan fingerprint density at radius 1 is 0.929 bits per heavy atom. The van der Waals surface area contributed by atoms with E-state index in [0.29, 0.717) is 11.8 Å². The Balaban J connectivity index is 3.05. The van der Waals surface area contributed by atoms with Gasteiger partial charge in [0.1, 0.15) is 29.5 Å². The van der Waals surface area contributed by atoms with Crippen molar-refractivity contribution < 1.29 is 28.7 Å². The summed E-state index contributed by atoms with van der Waals surface area (Å²) in [6.45, 7) is 12.3. The summed E-state index contributed by atoms with van der Waals surface area (Å²) in [4.78, 5) is 49.6. The lowest BCUT2D eigenvalue weighted by Gasteiger charge is -2.37. The minimum atomic E-state index is -1.16. The molecule has 160 valence electrons. The van der Waals surface area contributed by atoms with Crippen LogP contribution in [-0.4, -0.2) is 36.2 Å². The summed E-state index contributed by atoms with van der Waals surface area (Å²) >= 11 is 0. The number of ether oxygens (including phenoxy) is 2. The third-order valence-electron chi connectivity index (χ3n) is 5.95. The van der Waals surface area contributed by atoms with Crippen LogP contribution in [0.4, 0.5) is 0 Å². The van der Waals surface area contributed by atoms with Gasteiger partial charge < -0.3 is 9.47 Å². The van der Waals surface area contributed by atoms with Gasteiger partial charge in [-0.25, -0.2) is 0 Å². The second-order valence-corrected chi connectivity index (χ2v) is 8.59. The van der Waals surface area contributed by atoms with E-state index in [1.165, 1.54) is 13.8 Å². The third kappa shape index (κ3) is 6.14. The molecule has 28 heavy (non-hydrogen) atoms. The van der Waals surface area contributed by atoms with E-state index in [0.717, 1.165) is 19.3 Å². The van der Waals surface area contributed by atoms with Gasteiger partial charge in [-0.05, 0) is 57.3 Å². The summed E-state index contributed by atoms with van der Waals surface area (Å²) in [6.07, 6.45) is 2.60. The van der Waals surface area contributed by atoms with Crippen molar-refractivity contribution in [3.05, 3.63) is 0 Å². The molecule has 0 N–H and O–H groups in total. The molecule has 0 radical (unpaired) electrons. The molecule has 0 aromatic rings. The van der Waals surface area contributed by atoms with Crippen molar-refractivity contribution in [2.75, 3.05) is 6.61 Å². The van der Waals surface area contributed by atoms with E-state index in [1.807, 2.05) is 0 Å². The molecular weight excluding hydrogens is 360 g/mol. The average molecular weight is 397 g/mol. The molecule has 6 heteroatoms. The predicted octanol–water partition coefficient (Wildman–Crippen LogP) is 3.60. The van der Waals surface area contributed by atoms with Gasteiger partial charge in [-0.3, -0.25) is 19.2 Å². The number of carbonyl (C=O) groups excluding carboxylic acids is 4. The lowest BCUT2D eigenvalue weighted by molar-refractivity contribution is -0.167. The smallest absolute Gasteiger partial charge is 0.317 e. The van der Waals surface area contributed by atoms with Crippen molar-refractivity contribution in [1.29, 1.82) is 0 Å². The number of hydrogen-bond donors (Lipinski definition) is 0. The first-order valence-electron chi connectivity index (χ1n) is 10.4. The summed E-state index contributed by atoms with van der Waals surface area (Å²) in [5.41, 5.74) is 0. The predicted molar refractivity (Wildman–Crippen MR) is 105 cm³/mol. The lowest BCUT2D eigenvalue weighted by Crippen LogP contribution is -2.43. The topological polar surface area (TPSA) is 86.7 Å². The molecular formula is C22H36O6. The number of carbonyl (C=O) groups is 4. The van der Waals surface area contributed by atoms with Crippen LogP contribution in [0, 0.1) is 35.5 Å². The minimum absolute atomic E-state index is 0.126. The molecule has 0 aromatic heterocycles. The van der Waals surface area contributed by atoms with Crippen molar-refractivity contribution in [2.45, 2.75) is 73.8 Å². The molecule has 0 aromatic carbocycles. The zero-order chi connectivity index (χ0) is 21.6. The Bertz CT molecular complexity index is 582. The van der Waals surface area contributed by atoms with Crippen LogP contribution in [0.1, 0.15) is 67.7 Å². The van der Waals surface area contributed by atoms with Crippen LogP contribution < -0.4 is 0 Å². The number of hydrogen-bond acceptors (Lipinski definition) is 6. The van der Waals surface area contributed by atoms with Crippen molar-refractivity contribution >= 4 is 23.5 Å². The summed E-state index contributed by atoms with van der Waals surface area (Å²) in [6, 6.07) is 0. The Labute approximate surface area is 168 Å². The SMILES string of the molecule is CCOC(=O)[C@H](C(C)=O)[C@H](C)[C@H](C(C)=O)C(=O)O[C@@H]1C[C@H](C)CC[C@@H]1C(C)C. The standard InChI is InChI=1S/C22H36O6/c1-8-27-21(25)19(15(6)23)14(5)20(16(7)24)22(26)28-18-11-13(4)9-10-17(18)12(2)3/h12-14,17-20H,8-11H2,1-7H3/t13-,14+,17-,18-,19+,20-/m1/s1. The number of ketones is 2. The van der Waals surface area contributed by atoms with Crippen LogP contribution in [0.15, 0.2) is 0 Å². The van der Waals surface area contributed by atoms with Crippen molar-refractivity contribution in [1.82, 2.24) is 0 Å². The lowest BCUT2D eigenvalue weighted by atomic mass is 9.75. The Hall–Kier alpha value is -1.72. The monoisotopic (exact) mass is 396 g/mol. The molecule has 0 amide bonds. The molecule has 6 atom stereocenters. The second kappa shape index (κ2) is 10.7. The normalized spacial score (nSPS) is 25.5. The molecule has 1 aliphatic carbocycles. The van der Waals surface area contributed by atoms with Gasteiger partial charge in [-0.1, -0.05) is 34.1 Å². The number of rotatable bonds is 9. The highest BCUT2D eigenvalue weighted by Gasteiger charge is 2.43. The molecule has 0 heterocycles. The molecule has 0 saturated heterocycles. The van der Waals surface area contributed by atoms with E-state index in [1.54, 1.807) is 13.8 Å². The van der Waals surface area contributed by atoms with E-state index >= 15 is 0 Å². The second-order valence-electron chi connectivity index (χ2n) is 8.59. The minimum Gasteiger partial charge on any atom is -0.465 e. The Morgan fingerprint density at radius 3 is 1.93 bits per heavy atom. The maximum absolute atomic E-state index is 13.0. The third-order valence-corrected chi connectivity index (χ3v) is 5.95. The molecule has 0 spiro atoms. The highest BCUT2D eigenvalue weighted by molar-refractivity contribution is 6.02. The van der Waals surface area contributed by atoms with Crippen molar-refractivity contribution in [3.8, 4) is 0 Å². The van der Waals surface area contributed by atoms with Gasteiger partial charge in [0.25, 0.3) is 0 Å². The molecule has 0 bridgehead atoms. The van der Waals surface area contributed by atoms with Gasteiger partial charge in [0.05, 0.1) is 6.61 Å². The van der Waals surface area contributed by atoms with Gasteiger partial charge in [-0.2, -0.15) is 0 Å². The van der Waals surface area contributed by atoms with Crippen LogP contribution >= 0.6 is 0 Å². The van der Waals surface area contributed by atoms with E-state index in [2.05, 4.69) is 20.8 Å². The van der Waals surface area contributed by atoms with Gasteiger partial charge in [-0.15, -0.1) is 0 Å². The molecule has 0 unspecified atom stereocenters. The van der Waals surface area contributed by atoms with Crippen molar-refractivity contribution in [3.63, 3.8) is 0 Å². The summed E-state index contributed by atoms with van der Waals surface area (Å²) in [7, 11) is 0. The summed E-state index contributed by atoms with van der Waals surface area (Å²) in [5.74, 6) is -4.25. The quantitative estimate of drug-likeness (QED) is 0.437. The van der Waals surface area contributed by atoms with Gasteiger partial charge in [0.15, 0.2) is 0 Å². The first-order chi connectivity index (χ1) is 13.0. The maximum atomic E-state index is 13.0. The largest absolute Gasteiger partial charge is 0.465 e. The zero-order valence-electron chi connectivity index (χ0n) is 18.3. The number of esters is 2. The summed E-state index contributed by atoms with van der Waals surface area (Å²) < 4.78 is 10.8. The first-order valence-corrected chi connectivity index (χ1v) is 10.4. The Kier molecular flexibility index (Phi) is 9.31. The average Bonchev–Trinajstić information content (AvgIpc) is 2.54. The fraction of sp³-hybridized carbons (Fsp3) is 0.818. The van der Waals surface area contributed by atoms with E-state index in [4.69, 9.17) is 9.47 Å². The van der Waals surface area contributed by atoms with Crippen LogP contribution in [0.2, 0.25) is 0 Å². The highest BCUT2D eigenvalue weighted by atomic mass is 16.5. The van der Waals surface area contributed by atoms with Crippen molar-refractivity contribution in [2.24, 2.45) is 35.5 Å². The van der Waals surface area contributed by atoms with E-state index in [-0.39, 0.29) is 18.6 Å². The molecule has 0 aliphatic heterocycles. The molecule has 1 saturated carbocycles. The summed E-state index contributed by atoms with van der Waals surface area (Å²) in [5, 5.41) is 0. The first kappa shape index (κ1) is 24.3. The fourth-order valence-corrected chi connectivity index (χ4v) is 4.40. The Morgan fingerprint density at radius 2 is 1.46 bits per heavy atom. The molecule has 6 nitrogen and oxygen atoms in total. The van der Waals surface area contributed by atoms with Crippen LogP contribution in [0.25, 0.3) is 0 Å². The van der Waals surface area contributed by atoms with E-state index < -0.39 is 41.3 Å². The zero-order valence-corrected chi connectivity index (χ0v) is 18.3.